The van der Waals surface area contributed by atoms with Gasteiger partial charge in [0.15, 0.2) is 5.16 Å². The highest BCUT2D eigenvalue weighted by molar-refractivity contribution is 7.99. The first-order valence-electron chi connectivity index (χ1n) is 9.24. The Labute approximate surface area is 164 Å². The van der Waals surface area contributed by atoms with Crippen molar-refractivity contribution in [2.75, 3.05) is 11.1 Å². The number of carbonyl (C=O) groups excluding carboxylic acids is 1. The molecule has 1 N–H and O–H groups in total. The van der Waals surface area contributed by atoms with Gasteiger partial charge in [0.05, 0.1) is 5.75 Å². The van der Waals surface area contributed by atoms with Crippen LogP contribution < -0.4 is 5.32 Å². The number of aryl methyl sites for hydroxylation is 1. The molecule has 0 bridgehead atoms. The second-order valence-electron chi connectivity index (χ2n) is 6.15. The summed E-state index contributed by atoms with van der Waals surface area (Å²) < 4.78 is 2.11. The van der Waals surface area contributed by atoms with Crippen LogP contribution in [0, 0.1) is 0 Å². The van der Waals surface area contributed by atoms with Crippen molar-refractivity contribution in [3.8, 4) is 0 Å². The van der Waals surface area contributed by atoms with Crippen LogP contribution >= 0.6 is 23.4 Å². The van der Waals surface area contributed by atoms with Gasteiger partial charge in [0, 0.05) is 23.7 Å². The number of thioether (sulfide) groups is 1. The largest absolute Gasteiger partial charge is 0.325 e. The fraction of sp³-hybridized carbons (Fsp3) is 0.526. The zero-order valence-corrected chi connectivity index (χ0v) is 17.1. The number of nitrogens with zero attached hydrogens (tertiary/aromatic N) is 3. The predicted octanol–water partition coefficient (Wildman–Crippen LogP) is 5.20. The van der Waals surface area contributed by atoms with Crippen molar-refractivity contribution in [2.45, 2.75) is 64.1 Å². The Bertz CT molecular complexity index is 687. The van der Waals surface area contributed by atoms with Gasteiger partial charge in [-0.25, -0.2) is 0 Å². The normalized spacial score (nSPS) is 10.9. The first-order valence-corrected chi connectivity index (χ1v) is 10.6. The maximum atomic E-state index is 12.1. The van der Waals surface area contributed by atoms with Crippen LogP contribution in [0.3, 0.4) is 0 Å². The summed E-state index contributed by atoms with van der Waals surface area (Å²) in [6.45, 7) is 5.13. The van der Waals surface area contributed by atoms with Crippen LogP contribution in [0.4, 0.5) is 5.69 Å². The molecule has 0 unspecified atom stereocenters. The van der Waals surface area contributed by atoms with Crippen LogP contribution in [0.15, 0.2) is 29.4 Å². The fourth-order valence-electron chi connectivity index (χ4n) is 2.68. The molecule has 1 amide bonds. The molecule has 0 radical (unpaired) electrons. The van der Waals surface area contributed by atoms with Crippen molar-refractivity contribution in [1.29, 1.82) is 0 Å². The minimum absolute atomic E-state index is 0.0657. The lowest BCUT2D eigenvalue weighted by molar-refractivity contribution is -0.113. The van der Waals surface area contributed by atoms with E-state index in [-0.39, 0.29) is 5.91 Å². The Morgan fingerprint density at radius 1 is 1.12 bits per heavy atom. The summed E-state index contributed by atoms with van der Waals surface area (Å²) in [5.74, 6) is 1.26. The van der Waals surface area contributed by atoms with Gasteiger partial charge in [0.25, 0.3) is 0 Å². The Kier molecular flexibility index (Phi) is 8.98. The molecule has 0 fully saturated rings. The van der Waals surface area contributed by atoms with Crippen LogP contribution in [-0.4, -0.2) is 26.4 Å². The van der Waals surface area contributed by atoms with E-state index >= 15 is 0 Å². The molecule has 26 heavy (non-hydrogen) atoms. The molecule has 0 spiro atoms. The van der Waals surface area contributed by atoms with Crippen molar-refractivity contribution in [1.82, 2.24) is 14.8 Å². The Morgan fingerprint density at radius 2 is 1.85 bits per heavy atom. The highest BCUT2D eigenvalue weighted by Crippen LogP contribution is 2.19. The van der Waals surface area contributed by atoms with E-state index in [1.165, 1.54) is 37.4 Å². The molecular weight excluding hydrogens is 368 g/mol. The molecule has 2 aromatic rings. The first kappa shape index (κ1) is 20.8. The summed E-state index contributed by atoms with van der Waals surface area (Å²) in [5, 5.41) is 12.9. The second-order valence-corrected chi connectivity index (χ2v) is 7.53. The number of hydrogen-bond donors (Lipinski definition) is 1. The first-order chi connectivity index (χ1) is 12.6. The number of halogens is 1. The second kappa shape index (κ2) is 11.2. The molecule has 0 aliphatic heterocycles. The van der Waals surface area contributed by atoms with Gasteiger partial charge in [-0.05, 0) is 37.6 Å². The minimum atomic E-state index is -0.0657. The number of nitrogens with one attached hydrogen (secondary N) is 1. The lowest BCUT2D eigenvalue weighted by Crippen LogP contribution is -2.14. The van der Waals surface area contributed by atoms with Crippen LogP contribution in [0.25, 0.3) is 0 Å². The zero-order valence-electron chi connectivity index (χ0n) is 15.5. The lowest BCUT2D eigenvalue weighted by Gasteiger charge is -2.08. The van der Waals surface area contributed by atoms with Crippen LogP contribution in [0.2, 0.25) is 5.02 Å². The average Bonchev–Trinajstić information content (AvgIpc) is 3.03. The summed E-state index contributed by atoms with van der Waals surface area (Å²) in [7, 11) is 0. The Balaban J connectivity index is 1.82. The average molecular weight is 395 g/mol. The summed E-state index contributed by atoms with van der Waals surface area (Å²) in [6.07, 6.45) is 7.15. The van der Waals surface area contributed by atoms with Crippen molar-refractivity contribution in [3.05, 3.63) is 35.1 Å². The molecule has 0 atom stereocenters. The number of amides is 1. The minimum Gasteiger partial charge on any atom is -0.325 e. The van der Waals surface area contributed by atoms with Gasteiger partial charge < -0.3 is 9.88 Å². The van der Waals surface area contributed by atoms with E-state index < -0.39 is 0 Å². The van der Waals surface area contributed by atoms with E-state index in [2.05, 4.69) is 33.9 Å². The molecule has 1 aromatic heterocycles. The SMILES string of the molecule is CCCCCCCc1nnc(SCC(=O)Nc2ccc(Cl)cc2)n1CC. The number of unbranched alkanes of at least 4 members (excludes halogenated alkanes) is 4. The third-order valence-corrected chi connectivity index (χ3v) is 5.29. The van der Waals surface area contributed by atoms with E-state index in [0.717, 1.165) is 36.1 Å². The van der Waals surface area contributed by atoms with Gasteiger partial charge in [0.2, 0.25) is 5.91 Å². The molecule has 0 saturated heterocycles. The summed E-state index contributed by atoms with van der Waals surface area (Å²) >= 11 is 7.27. The van der Waals surface area contributed by atoms with E-state index in [1.807, 2.05) is 0 Å². The van der Waals surface area contributed by atoms with Crippen molar-refractivity contribution < 1.29 is 4.79 Å². The smallest absolute Gasteiger partial charge is 0.234 e. The fourth-order valence-corrected chi connectivity index (χ4v) is 3.62. The summed E-state index contributed by atoms with van der Waals surface area (Å²) in [6, 6.07) is 7.09. The molecule has 5 nitrogen and oxygen atoms in total. The monoisotopic (exact) mass is 394 g/mol. The number of hydrogen-bond acceptors (Lipinski definition) is 4. The zero-order chi connectivity index (χ0) is 18.8. The van der Waals surface area contributed by atoms with Gasteiger partial charge in [-0.3, -0.25) is 4.79 Å². The molecule has 0 aliphatic rings. The van der Waals surface area contributed by atoms with Gasteiger partial charge in [-0.1, -0.05) is 56.0 Å². The van der Waals surface area contributed by atoms with Gasteiger partial charge in [0.1, 0.15) is 5.82 Å². The molecule has 142 valence electrons. The van der Waals surface area contributed by atoms with Crippen LogP contribution in [0.5, 0.6) is 0 Å². The van der Waals surface area contributed by atoms with Crippen LogP contribution in [0.1, 0.15) is 51.8 Å². The lowest BCUT2D eigenvalue weighted by atomic mass is 10.1. The van der Waals surface area contributed by atoms with E-state index in [9.17, 15) is 4.79 Å². The van der Waals surface area contributed by atoms with Crippen molar-refractivity contribution in [2.24, 2.45) is 0 Å². The standard InChI is InChI=1S/C19H27ClN4OS/c1-3-5-6-7-8-9-17-22-23-19(24(17)4-2)26-14-18(25)21-16-12-10-15(20)11-13-16/h10-13H,3-9,14H2,1-2H3,(H,21,25). The topological polar surface area (TPSA) is 59.8 Å². The number of carbonyl (C=O) groups is 1. The highest BCUT2D eigenvalue weighted by atomic mass is 35.5. The third-order valence-electron chi connectivity index (χ3n) is 4.07. The Hall–Kier alpha value is -1.53. The van der Waals surface area contributed by atoms with E-state index in [4.69, 9.17) is 11.6 Å². The van der Waals surface area contributed by atoms with Crippen LogP contribution in [-0.2, 0) is 17.8 Å². The molecule has 7 heteroatoms. The predicted molar refractivity (Wildman–Crippen MR) is 109 cm³/mol. The van der Waals surface area contributed by atoms with Gasteiger partial charge in [-0.15, -0.1) is 10.2 Å². The number of rotatable bonds is 11. The molecule has 0 aliphatic carbocycles. The summed E-state index contributed by atoms with van der Waals surface area (Å²) in [4.78, 5) is 12.1. The molecule has 0 saturated carbocycles. The van der Waals surface area contributed by atoms with Crippen molar-refractivity contribution in [3.63, 3.8) is 0 Å². The molecule has 2 rings (SSSR count). The van der Waals surface area contributed by atoms with E-state index in [0.29, 0.717) is 10.8 Å². The van der Waals surface area contributed by atoms with E-state index in [1.54, 1.807) is 24.3 Å². The third kappa shape index (κ3) is 6.65. The number of aromatic nitrogens is 3. The maximum Gasteiger partial charge on any atom is 0.234 e. The highest BCUT2D eigenvalue weighted by Gasteiger charge is 2.13. The van der Waals surface area contributed by atoms with Gasteiger partial charge in [-0.2, -0.15) is 0 Å². The maximum absolute atomic E-state index is 12.1. The molecule has 1 aromatic carbocycles. The quantitative estimate of drug-likeness (QED) is 0.420. The Morgan fingerprint density at radius 3 is 2.54 bits per heavy atom. The number of anilines is 1. The summed E-state index contributed by atoms with van der Waals surface area (Å²) in [5.41, 5.74) is 0.740. The number of benzene rings is 1. The van der Waals surface area contributed by atoms with Crippen molar-refractivity contribution >= 4 is 35.0 Å². The molecule has 1 heterocycles. The molecular formula is C19H27ClN4OS. The van der Waals surface area contributed by atoms with Gasteiger partial charge >= 0.3 is 0 Å².